The second-order valence-electron chi connectivity index (χ2n) is 6.75. The molecule has 2 N–H and O–H groups in total. The smallest absolute Gasteiger partial charge is 0.306 e. The molecule has 5 atom stereocenters. The van der Waals surface area contributed by atoms with Gasteiger partial charge in [0.15, 0.2) is 0 Å². The first-order valence-electron chi connectivity index (χ1n) is 9.15. The predicted molar refractivity (Wildman–Crippen MR) is 94.3 cm³/mol. The third-order valence-electron chi connectivity index (χ3n) is 4.69. The molecule has 0 spiro atoms. The summed E-state index contributed by atoms with van der Waals surface area (Å²) in [5.41, 5.74) is 0. The van der Waals surface area contributed by atoms with Crippen LogP contribution in [0.2, 0.25) is 0 Å². The van der Waals surface area contributed by atoms with E-state index in [-0.39, 0.29) is 23.9 Å². The molecule has 1 saturated carbocycles. The molecule has 1 heterocycles. The zero-order valence-electron chi connectivity index (χ0n) is 14.5. The maximum absolute atomic E-state index is 11.8. The van der Waals surface area contributed by atoms with Gasteiger partial charge in [-0.2, -0.15) is 0 Å². The molecule has 2 aliphatic rings. The van der Waals surface area contributed by atoms with Gasteiger partial charge < -0.3 is 14.9 Å². The number of carbonyl (C=O) groups excluding carboxylic acids is 1. The summed E-state index contributed by atoms with van der Waals surface area (Å²) in [5.74, 6) is 0.206. The van der Waals surface area contributed by atoms with Gasteiger partial charge in [-0.25, -0.2) is 0 Å². The summed E-state index contributed by atoms with van der Waals surface area (Å²) in [4.78, 5) is 11.8. The van der Waals surface area contributed by atoms with Crippen molar-refractivity contribution >= 4 is 5.97 Å². The van der Waals surface area contributed by atoms with Crippen molar-refractivity contribution in [2.75, 3.05) is 0 Å². The molecule has 0 aromatic heterocycles. The number of allylic oxidation sites excluding steroid dienone is 2. The third-order valence-corrected chi connectivity index (χ3v) is 4.69. The van der Waals surface area contributed by atoms with E-state index in [2.05, 4.69) is 19.1 Å². The third kappa shape index (κ3) is 6.25. The fourth-order valence-electron chi connectivity index (χ4n) is 3.17. The SMILES string of the molecule is CC/C=C\C[C@@H](O)/C=C/[C@@H](O)[C@H]1C[C@H]1[C@@H]1C/C=C\CCCC(=O)O1. The number of aliphatic hydroxyl groups is 2. The van der Waals surface area contributed by atoms with Crippen LogP contribution in [0.1, 0.15) is 51.9 Å². The number of ether oxygens (including phenoxy) is 1. The molecule has 4 heteroatoms. The minimum atomic E-state index is -0.588. The van der Waals surface area contributed by atoms with Crippen LogP contribution in [0.4, 0.5) is 0 Å². The van der Waals surface area contributed by atoms with Gasteiger partial charge in [-0.1, -0.05) is 43.4 Å². The number of cyclic esters (lactones) is 1. The summed E-state index contributed by atoms with van der Waals surface area (Å²) < 4.78 is 5.58. The van der Waals surface area contributed by atoms with Crippen LogP contribution in [-0.2, 0) is 9.53 Å². The average molecular weight is 334 g/mol. The molecule has 0 bridgehead atoms. The van der Waals surface area contributed by atoms with Crippen molar-refractivity contribution in [3.8, 4) is 0 Å². The van der Waals surface area contributed by atoms with E-state index in [4.69, 9.17) is 4.74 Å². The summed E-state index contributed by atoms with van der Waals surface area (Å²) in [6, 6.07) is 0. The summed E-state index contributed by atoms with van der Waals surface area (Å²) in [7, 11) is 0. The molecule has 2 rings (SSSR count). The molecule has 4 nitrogen and oxygen atoms in total. The molecule has 0 radical (unpaired) electrons. The summed E-state index contributed by atoms with van der Waals surface area (Å²) in [5, 5.41) is 20.1. The second-order valence-corrected chi connectivity index (χ2v) is 6.75. The average Bonchev–Trinajstić information content (AvgIpc) is 3.34. The molecular weight excluding hydrogens is 304 g/mol. The molecule has 1 fully saturated rings. The quantitative estimate of drug-likeness (QED) is 0.554. The van der Waals surface area contributed by atoms with E-state index in [9.17, 15) is 15.0 Å². The van der Waals surface area contributed by atoms with E-state index < -0.39 is 12.2 Å². The highest BCUT2D eigenvalue weighted by Gasteiger charge is 2.47. The lowest BCUT2D eigenvalue weighted by atomic mass is 10.1. The Bertz CT molecular complexity index is 480. The first-order valence-corrected chi connectivity index (χ1v) is 9.15. The van der Waals surface area contributed by atoms with Crippen molar-refractivity contribution in [3.05, 3.63) is 36.5 Å². The molecule has 1 aliphatic heterocycles. The normalized spacial score (nSPS) is 32.0. The molecule has 1 aliphatic carbocycles. The molecule has 0 saturated heterocycles. The minimum Gasteiger partial charge on any atom is -0.462 e. The Morgan fingerprint density at radius 1 is 1.29 bits per heavy atom. The van der Waals surface area contributed by atoms with Crippen molar-refractivity contribution in [2.24, 2.45) is 11.8 Å². The van der Waals surface area contributed by atoms with Crippen LogP contribution in [0.3, 0.4) is 0 Å². The number of hydrogen-bond donors (Lipinski definition) is 2. The van der Waals surface area contributed by atoms with E-state index in [0.717, 1.165) is 32.1 Å². The van der Waals surface area contributed by atoms with Gasteiger partial charge >= 0.3 is 5.97 Å². The Kier molecular flexibility index (Phi) is 7.73. The highest BCUT2D eigenvalue weighted by atomic mass is 16.5. The number of aliphatic hydroxyl groups excluding tert-OH is 2. The number of carbonyl (C=O) groups is 1. The first kappa shape index (κ1) is 18.9. The Labute approximate surface area is 144 Å². The van der Waals surface area contributed by atoms with Crippen LogP contribution in [-0.4, -0.2) is 34.5 Å². The van der Waals surface area contributed by atoms with Crippen molar-refractivity contribution in [1.82, 2.24) is 0 Å². The van der Waals surface area contributed by atoms with Gasteiger partial charge in [-0.15, -0.1) is 0 Å². The highest BCUT2D eigenvalue weighted by molar-refractivity contribution is 5.69. The first-order chi connectivity index (χ1) is 11.6. The Morgan fingerprint density at radius 2 is 2.12 bits per heavy atom. The Balaban J connectivity index is 1.81. The molecule has 0 amide bonds. The maximum Gasteiger partial charge on any atom is 0.306 e. The lowest BCUT2D eigenvalue weighted by molar-refractivity contribution is -0.150. The number of rotatable bonds is 7. The molecular formula is C20H30O4. The minimum absolute atomic E-state index is 0.117. The summed E-state index contributed by atoms with van der Waals surface area (Å²) in [6.45, 7) is 2.05. The second kappa shape index (κ2) is 9.80. The van der Waals surface area contributed by atoms with E-state index in [0.29, 0.717) is 12.8 Å². The van der Waals surface area contributed by atoms with E-state index in [1.807, 2.05) is 12.2 Å². The Hall–Kier alpha value is -1.39. The standard InChI is InChI=1S/C20H30O4/c1-2-3-6-9-15(21)12-13-18(22)16-14-17(16)19-10-7-4-5-8-11-20(23)24-19/h3-4,6-7,12-13,15-19,21-22H,2,5,8-11,14H2,1H3/b6-3-,7-4-,13-12+/t15-,16+,17-,18-,19+/m1/s1. The predicted octanol–water partition coefficient (Wildman–Crippen LogP) is 3.30. The van der Waals surface area contributed by atoms with Gasteiger partial charge in [0.1, 0.15) is 6.10 Å². The Morgan fingerprint density at radius 3 is 2.92 bits per heavy atom. The van der Waals surface area contributed by atoms with Gasteiger partial charge in [0.05, 0.1) is 12.2 Å². The van der Waals surface area contributed by atoms with Crippen molar-refractivity contribution in [1.29, 1.82) is 0 Å². The fraction of sp³-hybridized carbons (Fsp3) is 0.650. The fourth-order valence-corrected chi connectivity index (χ4v) is 3.17. The molecule has 134 valence electrons. The lowest BCUT2D eigenvalue weighted by Gasteiger charge is -2.17. The van der Waals surface area contributed by atoms with E-state index in [1.165, 1.54) is 0 Å². The number of hydrogen-bond acceptors (Lipinski definition) is 4. The summed E-state index contributed by atoms with van der Waals surface area (Å²) in [6.07, 6.45) is 15.6. The van der Waals surface area contributed by atoms with Gasteiger partial charge in [0.25, 0.3) is 0 Å². The van der Waals surface area contributed by atoms with Gasteiger partial charge in [0.2, 0.25) is 0 Å². The van der Waals surface area contributed by atoms with Crippen LogP contribution < -0.4 is 0 Å². The molecule has 24 heavy (non-hydrogen) atoms. The van der Waals surface area contributed by atoms with Gasteiger partial charge in [-0.05, 0) is 38.0 Å². The van der Waals surface area contributed by atoms with Crippen LogP contribution in [0, 0.1) is 11.8 Å². The van der Waals surface area contributed by atoms with Crippen LogP contribution in [0.15, 0.2) is 36.5 Å². The molecule has 0 unspecified atom stereocenters. The largest absolute Gasteiger partial charge is 0.462 e. The summed E-state index contributed by atoms with van der Waals surface area (Å²) >= 11 is 0. The highest BCUT2D eigenvalue weighted by Crippen LogP contribution is 2.46. The van der Waals surface area contributed by atoms with Crippen LogP contribution >= 0.6 is 0 Å². The van der Waals surface area contributed by atoms with Crippen LogP contribution in [0.25, 0.3) is 0 Å². The maximum atomic E-state index is 11.8. The van der Waals surface area contributed by atoms with Crippen LogP contribution in [0.5, 0.6) is 0 Å². The lowest BCUT2D eigenvalue weighted by Crippen LogP contribution is -2.22. The molecule has 0 aromatic carbocycles. The van der Waals surface area contributed by atoms with Gasteiger partial charge in [-0.3, -0.25) is 4.79 Å². The van der Waals surface area contributed by atoms with Crippen molar-refractivity contribution in [2.45, 2.75) is 70.2 Å². The topological polar surface area (TPSA) is 66.8 Å². The molecule has 0 aromatic rings. The monoisotopic (exact) mass is 334 g/mol. The van der Waals surface area contributed by atoms with Crippen molar-refractivity contribution < 1.29 is 19.7 Å². The van der Waals surface area contributed by atoms with Crippen molar-refractivity contribution in [3.63, 3.8) is 0 Å². The van der Waals surface area contributed by atoms with Gasteiger partial charge in [0, 0.05) is 18.8 Å². The van der Waals surface area contributed by atoms with E-state index >= 15 is 0 Å². The van der Waals surface area contributed by atoms with E-state index in [1.54, 1.807) is 12.2 Å². The zero-order chi connectivity index (χ0) is 17.4. The zero-order valence-corrected chi connectivity index (χ0v) is 14.5. The number of esters is 1.